The molecule has 1 N–H and O–H groups in total. The molecule has 3 nitrogen and oxygen atoms in total. The molecule has 0 aromatic heterocycles. The molecule has 1 heterocycles. The first-order valence-corrected chi connectivity index (χ1v) is 6.39. The second-order valence-electron chi connectivity index (χ2n) is 5.55. The molecular formula is C14H22F2N2O. The van der Waals surface area contributed by atoms with Crippen LogP contribution < -0.4 is 10.1 Å². The van der Waals surface area contributed by atoms with Crippen molar-refractivity contribution in [2.75, 3.05) is 32.5 Å². The molecular weight excluding hydrogens is 250 g/mol. The molecule has 1 aromatic carbocycles. The molecule has 108 valence electrons. The fraction of sp³-hybridized carbons (Fsp3) is 0.571. The number of hydrogen-bond acceptors (Lipinski definition) is 3. The Morgan fingerprint density at radius 1 is 1.47 bits per heavy atom. The van der Waals surface area contributed by atoms with Gasteiger partial charge in [-0.3, -0.25) is 0 Å². The molecule has 1 atom stereocenters. The fourth-order valence-corrected chi connectivity index (χ4v) is 2.43. The van der Waals surface area contributed by atoms with Crippen LogP contribution in [0.5, 0.6) is 5.75 Å². The van der Waals surface area contributed by atoms with Crippen LogP contribution in [0.4, 0.5) is 14.5 Å². The number of anilines is 1. The van der Waals surface area contributed by atoms with Gasteiger partial charge < -0.3 is 15.0 Å². The number of nitrogens with one attached hydrogen (secondary N) is 1. The summed E-state index contributed by atoms with van der Waals surface area (Å²) in [4.78, 5) is 2.13. The molecule has 0 fully saturated rings. The van der Waals surface area contributed by atoms with Crippen LogP contribution in [0.15, 0.2) is 18.2 Å². The van der Waals surface area contributed by atoms with Gasteiger partial charge in [-0.15, -0.1) is 0 Å². The number of fused-ring (bicyclic) bond motifs is 1. The van der Waals surface area contributed by atoms with E-state index in [-0.39, 0.29) is 12.6 Å². The summed E-state index contributed by atoms with van der Waals surface area (Å²) in [6, 6.07) is 5.13. The molecule has 0 bridgehead atoms. The fourth-order valence-electron chi connectivity index (χ4n) is 2.43. The number of benzene rings is 1. The molecule has 1 aliphatic rings. The quantitative estimate of drug-likeness (QED) is 0.891. The van der Waals surface area contributed by atoms with Crippen molar-refractivity contribution < 1.29 is 14.9 Å². The van der Waals surface area contributed by atoms with Crippen LogP contribution in [0.2, 0.25) is 0 Å². The van der Waals surface area contributed by atoms with Gasteiger partial charge in [-0.05, 0) is 50.8 Å². The van der Waals surface area contributed by atoms with E-state index in [2.05, 4.69) is 21.9 Å². The van der Waals surface area contributed by atoms with Gasteiger partial charge in [0.2, 0.25) is 0 Å². The van der Waals surface area contributed by atoms with E-state index in [0.717, 1.165) is 30.8 Å². The van der Waals surface area contributed by atoms with E-state index in [0.29, 0.717) is 0 Å². The van der Waals surface area contributed by atoms with Crippen molar-refractivity contribution in [2.24, 2.45) is 0 Å². The van der Waals surface area contributed by atoms with Crippen LogP contribution >= 0.6 is 0 Å². The summed E-state index contributed by atoms with van der Waals surface area (Å²) < 4.78 is 29.0. The third-order valence-corrected chi connectivity index (χ3v) is 3.65. The Morgan fingerprint density at radius 3 is 2.84 bits per heavy atom. The Hall–Kier alpha value is -1.36. The van der Waals surface area contributed by atoms with Crippen LogP contribution in [0, 0.1) is 0 Å². The predicted molar refractivity (Wildman–Crippen MR) is 74.2 cm³/mol. The van der Waals surface area contributed by atoms with Gasteiger partial charge in [0.1, 0.15) is 5.75 Å². The van der Waals surface area contributed by atoms with Gasteiger partial charge in [0.05, 0.1) is 0 Å². The molecule has 0 spiro atoms. The minimum absolute atomic E-state index is 0. The molecule has 0 saturated carbocycles. The largest absolute Gasteiger partial charge is 0.435 e. The first-order chi connectivity index (χ1) is 8.90. The van der Waals surface area contributed by atoms with Crippen molar-refractivity contribution in [3.63, 3.8) is 0 Å². The SMILES string of the molecule is CN(C)CCC1(C)CNc2ccc(OC(F)F)cc21.[HH]. The van der Waals surface area contributed by atoms with Crippen LogP contribution in [0.3, 0.4) is 0 Å². The summed E-state index contributed by atoms with van der Waals surface area (Å²) in [6.07, 6.45) is 0.970. The lowest BCUT2D eigenvalue weighted by Gasteiger charge is -2.26. The van der Waals surface area contributed by atoms with Crippen molar-refractivity contribution in [3.05, 3.63) is 23.8 Å². The highest BCUT2D eigenvalue weighted by Gasteiger charge is 2.34. The topological polar surface area (TPSA) is 24.5 Å². The van der Waals surface area contributed by atoms with E-state index in [1.807, 2.05) is 20.2 Å². The normalized spacial score (nSPS) is 21.6. The third kappa shape index (κ3) is 3.15. The van der Waals surface area contributed by atoms with Crippen molar-refractivity contribution >= 4 is 5.69 Å². The molecule has 1 unspecified atom stereocenters. The van der Waals surface area contributed by atoms with E-state index in [1.165, 1.54) is 0 Å². The predicted octanol–water partition coefficient (Wildman–Crippen LogP) is 3.17. The highest BCUT2D eigenvalue weighted by atomic mass is 19.3. The summed E-state index contributed by atoms with van der Waals surface area (Å²) >= 11 is 0. The lowest BCUT2D eigenvalue weighted by molar-refractivity contribution is -0.0499. The van der Waals surface area contributed by atoms with Gasteiger partial charge in [-0.1, -0.05) is 6.92 Å². The van der Waals surface area contributed by atoms with Crippen molar-refractivity contribution in [1.82, 2.24) is 4.90 Å². The van der Waals surface area contributed by atoms with Gasteiger partial charge in [0.25, 0.3) is 0 Å². The Bertz CT molecular complexity index is 457. The number of halogens is 2. The van der Waals surface area contributed by atoms with Crippen molar-refractivity contribution in [2.45, 2.75) is 25.4 Å². The molecule has 19 heavy (non-hydrogen) atoms. The lowest BCUT2D eigenvalue weighted by atomic mass is 9.81. The number of nitrogens with zero attached hydrogens (tertiary/aromatic N) is 1. The van der Waals surface area contributed by atoms with E-state index in [4.69, 9.17) is 0 Å². The number of rotatable bonds is 5. The Labute approximate surface area is 114 Å². The van der Waals surface area contributed by atoms with Gasteiger partial charge in [-0.25, -0.2) is 0 Å². The molecule has 0 radical (unpaired) electrons. The van der Waals surface area contributed by atoms with Gasteiger partial charge in [0.15, 0.2) is 0 Å². The number of alkyl halides is 2. The van der Waals surface area contributed by atoms with E-state index in [9.17, 15) is 8.78 Å². The summed E-state index contributed by atoms with van der Waals surface area (Å²) in [5, 5.41) is 3.33. The molecule has 5 heteroatoms. The monoisotopic (exact) mass is 272 g/mol. The Morgan fingerprint density at radius 2 is 2.21 bits per heavy atom. The lowest BCUT2D eigenvalue weighted by Crippen LogP contribution is -2.29. The Balaban J connectivity index is 0.00000200. The second-order valence-corrected chi connectivity index (χ2v) is 5.55. The molecule has 0 amide bonds. The molecule has 2 rings (SSSR count). The van der Waals surface area contributed by atoms with Crippen LogP contribution in [-0.4, -0.2) is 38.7 Å². The maximum Gasteiger partial charge on any atom is 0.387 e. The Kier molecular flexibility index (Phi) is 3.94. The minimum atomic E-state index is -2.78. The molecule has 1 aromatic rings. The standard InChI is InChI=1S/C14H20F2N2O.H2/c1-14(6-7-18(2)3)9-17-12-5-4-10(8-11(12)14)19-13(15)16;/h4-5,8,13,17H,6-7,9H2,1-3H3;1H. The van der Waals surface area contributed by atoms with Gasteiger partial charge in [0, 0.05) is 19.1 Å². The smallest absolute Gasteiger partial charge is 0.387 e. The average molecular weight is 272 g/mol. The van der Waals surface area contributed by atoms with E-state index in [1.54, 1.807) is 12.1 Å². The summed E-state index contributed by atoms with van der Waals surface area (Å²) in [5.41, 5.74) is 2.04. The third-order valence-electron chi connectivity index (χ3n) is 3.65. The van der Waals surface area contributed by atoms with Crippen molar-refractivity contribution in [3.8, 4) is 5.75 Å². The van der Waals surface area contributed by atoms with Crippen molar-refractivity contribution in [1.29, 1.82) is 0 Å². The summed E-state index contributed by atoms with van der Waals surface area (Å²) in [6.45, 7) is 1.16. The van der Waals surface area contributed by atoms with Crippen LogP contribution in [-0.2, 0) is 5.41 Å². The zero-order valence-corrected chi connectivity index (χ0v) is 11.5. The first kappa shape index (κ1) is 14.1. The number of hydrogen-bond donors (Lipinski definition) is 1. The van der Waals surface area contributed by atoms with Gasteiger partial charge in [-0.2, -0.15) is 8.78 Å². The second kappa shape index (κ2) is 5.33. The molecule has 0 aliphatic carbocycles. The van der Waals surface area contributed by atoms with E-state index >= 15 is 0 Å². The minimum Gasteiger partial charge on any atom is -0.435 e. The zero-order valence-electron chi connectivity index (χ0n) is 11.5. The molecule has 1 aliphatic heterocycles. The maximum atomic E-state index is 12.3. The maximum absolute atomic E-state index is 12.3. The summed E-state index contributed by atoms with van der Waals surface area (Å²) in [5.74, 6) is 0.230. The summed E-state index contributed by atoms with van der Waals surface area (Å²) in [7, 11) is 4.06. The molecule has 0 saturated heterocycles. The highest BCUT2D eigenvalue weighted by Crippen LogP contribution is 2.41. The van der Waals surface area contributed by atoms with E-state index < -0.39 is 6.61 Å². The first-order valence-electron chi connectivity index (χ1n) is 6.39. The zero-order chi connectivity index (χ0) is 14.0. The highest BCUT2D eigenvalue weighted by molar-refractivity contribution is 5.62. The number of ether oxygens (including phenoxy) is 1. The average Bonchev–Trinajstić information content (AvgIpc) is 2.65. The van der Waals surface area contributed by atoms with Crippen LogP contribution in [0.1, 0.15) is 20.3 Å². The van der Waals surface area contributed by atoms with Gasteiger partial charge >= 0.3 is 6.61 Å². The van der Waals surface area contributed by atoms with Crippen LogP contribution in [0.25, 0.3) is 0 Å².